The van der Waals surface area contributed by atoms with Gasteiger partial charge in [-0.05, 0) is 43.2 Å². The Kier molecular flexibility index (Phi) is 7.61. The van der Waals surface area contributed by atoms with Gasteiger partial charge >= 0.3 is 11.9 Å². The number of anilines is 1. The van der Waals surface area contributed by atoms with Gasteiger partial charge in [0.2, 0.25) is 11.0 Å². The Morgan fingerprint density at radius 1 is 1.23 bits per heavy atom. The minimum Gasteiger partial charge on any atom is -0.504 e. The number of thiazole rings is 1. The number of phenolic OH excluding ortho intramolecular Hbond substituents is 1. The lowest BCUT2D eigenvalue weighted by atomic mass is 10.0. The first-order valence-electron chi connectivity index (χ1n) is 12.5. The zero-order chi connectivity index (χ0) is 31.2. The van der Waals surface area contributed by atoms with Crippen molar-refractivity contribution < 1.29 is 39.3 Å². The quantitative estimate of drug-likeness (QED) is 0.125. The predicted molar refractivity (Wildman–Crippen MR) is 155 cm³/mol. The summed E-state index contributed by atoms with van der Waals surface area (Å²) in [6.45, 7) is 2.57. The maximum Gasteiger partial charge on any atom is 0.352 e. The zero-order valence-electron chi connectivity index (χ0n) is 22.5. The molecule has 5 rings (SSSR count). The van der Waals surface area contributed by atoms with Crippen molar-refractivity contribution in [1.82, 2.24) is 19.8 Å². The van der Waals surface area contributed by atoms with Gasteiger partial charge in [-0.2, -0.15) is 0 Å². The Bertz CT molecular complexity index is 1760. The first-order valence-corrected chi connectivity index (χ1v) is 14.4. The van der Waals surface area contributed by atoms with Crippen molar-refractivity contribution >= 4 is 57.7 Å². The molecule has 0 saturated carbocycles. The Labute approximate surface area is 250 Å². The summed E-state index contributed by atoms with van der Waals surface area (Å²) >= 11 is 2.26. The number of thioether (sulfide) groups is 1. The van der Waals surface area contributed by atoms with E-state index in [-0.39, 0.29) is 28.8 Å². The van der Waals surface area contributed by atoms with E-state index in [4.69, 9.17) is 10.6 Å². The molecule has 0 unspecified atom stereocenters. The van der Waals surface area contributed by atoms with E-state index in [1.165, 1.54) is 43.1 Å². The molecule has 43 heavy (non-hydrogen) atoms. The number of aromatic nitrogens is 2. The number of nitrogens with one attached hydrogen (secondary N) is 1. The third-order valence-corrected chi connectivity index (χ3v) is 8.70. The van der Waals surface area contributed by atoms with Crippen LogP contribution >= 0.6 is 23.1 Å². The molecular weight excluding hydrogens is 604 g/mol. The summed E-state index contributed by atoms with van der Waals surface area (Å²) < 4.78 is 1.68. The van der Waals surface area contributed by atoms with Crippen molar-refractivity contribution in [3.8, 4) is 16.9 Å². The molecule has 1 aromatic heterocycles. The van der Waals surface area contributed by atoms with Crippen molar-refractivity contribution in [2.75, 3.05) is 11.5 Å². The number of nitrogen functional groups attached to an aromatic ring is 1. The minimum atomic E-state index is -1.78. The smallest absolute Gasteiger partial charge is 0.352 e. The molecule has 0 radical (unpaired) electrons. The summed E-state index contributed by atoms with van der Waals surface area (Å²) in [5.41, 5.74) is 4.37. The second kappa shape index (κ2) is 11.1. The molecule has 17 heteroatoms. The van der Waals surface area contributed by atoms with Crippen LogP contribution in [0.1, 0.15) is 19.5 Å². The average Bonchev–Trinajstić information content (AvgIpc) is 3.37. The van der Waals surface area contributed by atoms with Crippen LogP contribution in [-0.2, 0) is 30.6 Å². The molecule has 2 amide bonds. The number of carbonyl (C=O) groups excluding carboxylic acids is 2. The lowest BCUT2D eigenvalue weighted by molar-refractivity contribution is -0.161. The number of amides is 2. The standard InChI is InChI=1S/C26H24N6O9S2/c1-26(2,24(39)40)41-30-17(14-10-43-25(27)28-14)20(35)29-18-21(36)32-19(23(37)38)13(9-42-22(18)32)8-31-4-3-11-5-15(33)16(34)6-12(11)7-31/h3-7,10,18,22,34H,8-9H2,1-2H3,(H2,27,28)(H,29,35)(H,37,38)(H,39,40)/b30-17+/t18-,22-/m1/s1. The highest BCUT2D eigenvalue weighted by molar-refractivity contribution is 8.00. The lowest BCUT2D eigenvalue weighted by Crippen LogP contribution is -2.71. The third kappa shape index (κ3) is 5.63. The van der Waals surface area contributed by atoms with E-state index >= 15 is 0 Å². The molecule has 4 heterocycles. The molecule has 1 fully saturated rings. The number of carboxylic acid groups (broad SMARTS) is 2. The fourth-order valence-electron chi connectivity index (χ4n) is 4.39. The largest absolute Gasteiger partial charge is 0.504 e. The van der Waals surface area contributed by atoms with Crippen molar-refractivity contribution in [3.63, 3.8) is 0 Å². The van der Waals surface area contributed by atoms with Crippen LogP contribution in [-0.4, -0.2) is 82.0 Å². The zero-order valence-corrected chi connectivity index (χ0v) is 24.1. The third-order valence-electron chi connectivity index (χ3n) is 6.68. The Hall–Kier alpha value is -4.90. The van der Waals surface area contributed by atoms with Gasteiger partial charge in [0.05, 0.1) is 0 Å². The maximum atomic E-state index is 13.2. The van der Waals surface area contributed by atoms with Gasteiger partial charge in [-0.1, -0.05) is 5.16 Å². The van der Waals surface area contributed by atoms with Crippen LogP contribution in [0.15, 0.2) is 57.2 Å². The molecule has 3 aliphatic heterocycles. The average molecular weight is 629 g/mol. The van der Waals surface area contributed by atoms with Crippen LogP contribution < -0.4 is 16.5 Å². The van der Waals surface area contributed by atoms with Crippen LogP contribution in [0.5, 0.6) is 5.75 Å². The number of fused-ring (bicyclic) bond motifs is 2. The first-order chi connectivity index (χ1) is 20.3. The number of hydrogen-bond acceptors (Lipinski definition) is 12. The summed E-state index contributed by atoms with van der Waals surface area (Å²) in [5, 5.41) is 36.2. The topological polar surface area (TPSA) is 227 Å². The van der Waals surface area contributed by atoms with Gasteiger partial charge in [-0.3, -0.25) is 19.3 Å². The van der Waals surface area contributed by atoms with Crippen molar-refractivity contribution in [3.05, 3.63) is 63.2 Å². The van der Waals surface area contributed by atoms with Gasteiger partial charge in [0, 0.05) is 35.6 Å². The van der Waals surface area contributed by atoms with Crippen molar-refractivity contribution in [2.24, 2.45) is 5.16 Å². The molecule has 2 atom stereocenters. The number of oxime groups is 1. The fourth-order valence-corrected chi connectivity index (χ4v) is 6.27. The van der Waals surface area contributed by atoms with E-state index in [1.807, 2.05) is 0 Å². The highest BCUT2D eigenvalue weighted by Crippen LogP contribution is 2.41. The molecule has 0 aromatic carbocycles. The molecule has 0 spiro atoms. The molecule has 1 aromatic rings. The number of rotatable bonds is 9. The van der Waals surface area contributed by atoms with Gasteiger partial charge in [0.25, 0.3) is 11.8 Å². The number of carboxylic acids is 2. The van der Waals surface area contributed by atoms with Crippen LogP contribution in [0.4, 0.5) is 5.13 Å². The number of nitrogens with zero attached hydrogens (tertiary/aromatic N) is 4. The number of benzene rings is 1. The highest BCUT2D eigenvalue weighted by atomic mass is 32.2. The highest BCUT2D eigenvalue weighted by Gasteiger charge is 2.54. The summed E-state index contributed by atoms with van der Waals surface area (Å²) in [5.74, 6) is -4.41. The van der Waals surface area contributed by atoms with Crippen LogP contribution in [0, 0.1) is 0 Å². The van der Waals surface area contributed by atoms with Crippen LogP contribution in [0.25, 0.3) is 11.1 Å². The van der Waals surface area contributed by atoms with Crippen molar-refractivity contribution in [1.29, 1.82) is 0 Å². The van der Waals surface area contributed by atoms with E-state index in [0.29, 0.717) is 16.7 Å². The van der Waals surface area contributed by atoms with Crippen LogP contribution in [0.2, 0.25) is 0 Å². The summed E-state index contributed by atoms with van der Waals surface area (Å²) in [4.78, 5) is 72.1. The summed E-state index contributed by atoms with van der Waals surface area (Å²) in [6, 6.07) is 3.17. The first kappa shape index (κ1) is 29.6. The van der Waals surface area contributed by atoms with E-state index in [0.717, 1.165) is 16.2 Å². The van der Waals surface area contributed by atoms with E-state index in [9.17, 15) is 39.3 Å². The van der Waals surface area contributed by atoms with Gasteiger partial charge in [0.1, 0.15) is 22.8 Å². The SMILES string of the molecule is CC(C)(O/N=C(/C(=O)N[C@@H]1C(=O)N2C(C(=O)O)=C(Cn3ccc4cc(=O)c(O)cc-4c3)CS[C@H]12)c1csc(N)n1)C(=O)O. The number of nitrogens with two attached hydrogens (primary N) is 1. The van der Waals surface area contributed by atoms with Gasteiger partial charge in [-0.25, -0.2) is 14.6 Å². The summed E-state index contributed by atoms with van der Waals surface area (Å²) in [6.07, 6.45) is 3.31. The number of aromatic hydroxyl groups is 1. The molecule has 4 aliphatic rings. The molecule has 1 aliphatic carbocycles. The minimum absolute atomic E-state index is 0.00160. The Balaban J connectivity index is 1.37. The Morgan fingerprint density at radius 2 is 1.98 bits per heavy atom. The number of pyridine rings is 1. The predicted octanol–water partition coefficient (Wildman–Crippen LogP) is 0.720. The normalized spacial score (nSPS) is 18.7. The second-order valence-corrected chi connectivity index (χ2v) is 12.1. The molecule has 224 valence electrons. The Morgan fingerprint density at radius 3 is 2.63 bits per heavy atom. The van der Waals surface area contributed by atoms with Gasteiger partial charge in [-0.15, -0.1) is 23.1 Å². The number of phenols is 1. The fraction of sp³-hybridized carbons (Fsp3) is 0.269. The molecule has 1 saturated heterocycles. The monoisotopic (exact) mass is 628 g/mol. The molecule has 6 N–H and O–H groups in total. The van der Waals surface area contributed by atoms with Crippen molar-refractivity contribution in [2.45, 2.75) is 37.4 Å². The van der Waals surface area contributed by atoms with E-state index < -0.39 is 57.7 Å². The second-order valence-electron chi connectivity index (χ2n) is 10.1. The number of β-lactam (4-membered cyclic amide) rings is 1. The number of hydrogen-bond donors (Lipinski definition) is 5. The number of carbonyl (C=O) groups is 4. The summed E-state index contributed by atoms with van der Waals surface area (Å²) in [7, 11) is 0. The molecule has 15 nitrogen and oxygen atoms in total. The van der Waals surface area contributed by atoms with Gasteiger partial charge in [0.15, 0.2) is 16.6 Å². The maximum absolute atomic E-state index is 13.2. The lowest BCUT2D eigenvalue weighted by Gasteiger charge is -2.49. The van der Waals surface area contributed by atoms with E-state index in [2.05, 4.69) is 15.5 Å². The van der Waals surface area contributed by atoms with Crippen LogP contribution in [0.3, 0.4) is 0 Å². The van der Waals surface area contributed by atoms with Gasteiger partial charge < -0.3 is 35.8 Å². The molecule has 0 bridgehead atoms. The molecular formula is C26H24N6O9S2. The number of aliphatic carboxylic acids is 2. The van der Waals surface area contributed by atoms with E-state index in [1.54, 1.807) is 23.0 Å².